The number of aryl methyl sites for hydroxylation is 1. The van der Waals surface area contributed by atoms with Crippen molar-refractivity contribution in [2.75, 3.05) is 25.5 Å². The molecule has 3 rings (SSSR count). The Kier molecular flexibility index (Phi) is 5.63. The van der Waals surface area contributed by atoms with Crippen LogP contribution < -0.4 is 10.6 Å². The van der Waals surface area contributed by atoms with Gasteiger partial charge in [-0.2, -0.15) is 0 Å². The summed E-state index contributed by atoms with van der Waals surface area (Å²) in [6.07, 6.45) is 2.92. The second-order valence-electron chi connectivity index (χ2n) is 5.87. The van der Waals surface area contributed by atoms with E-state index in [9.17, 15) is 4.79 Å². The molecule has 1 aromatic heterocycles. The molecule has 0 saturated carbocycles. The van der Waals surface area contributed by atoms with E-state index >= 15 is 0 Å². The van der Waals surface area contributed by atoms with Crippen LogP contribution in [0.15, 0.2) is 34.6 Å². The van der Waals surface area contributed by atoms with Gasteiger partial charge in [0.2, 0.25) is 0 Å². The Bertz CT molecular complexity index is 761. The molecule has 25 heavy (non-hydrogen) atoms. The second kappa shape index (κ2) is 7.74. The van der Waals surface area contributed by atoms with Crippen LogP contribution in [0.2, 0.25) is 5.02 Å². The van der Waals surface area contributed by atoms with Gasteiger partial charge in [0.1, 0.15) is 11.9 Å². The maximum absolute atomic E-state index is 12.7. The zero-order chi connectivity index (χ0) is 17.9. The summed E-state index contributed by atoms with van der Waals surface area (Å²) in [5, 5.41) is 15.3. The van der Waals surface area contributed by atoms with E-state index in [2.05, 4.69) is 20.8 Å². The maximum Gasteiger partial charge on any atom is 0.256 e. The summed E-state index contributed by atoms with van der Waals surface area (Å²) in [6.45, 7) is 1.52. The summed E-state index contributed by atoms with van der Waals surface area (Å²) in [6, 6.07) is 5.43. The molecule has 0 aliphatic carbocycles. The Morgan fingerprint density at radius 2 is 2.20 bits per heavy atom. The number of benzene rings is 1. The van der Waals surface area contributed by atoms with Crippen LogP contribution in [0.3, 0.4) is 0 Å². The molecule has 0 atom stereocenters. The first-order valence-corrected chi connectivity index (χ1v) is 9.12. The first-order valence-electron chi connectivity index (χ1n) is 7.93. The molecule has 9 heteroatoms. The lowest BCUT2D eigenvalue weighted by molar-refractivity contribution is -0.140. The smallest absolute Gasteiger partial charge is 0.256 e. The average molecular weight is 382 g/mol. The molecule has 0 bridgehead atoms. The molecular weight excluding hydrogens is 362 g/mol. The van der Waals surface area contributed by atoms with Crippen LogP contribution in [-0.2, 0) is 16.6 Å². The van der Waals surface area contributed by atoms with Gasteiger partial charge in [0.15, 0.2) is 5.16 Å². The van der Waals surface area contributed by atoms with Crippen molar-refractivity contribution in [2.24, 2.45) is 7.05 Å². The topological polar surface area (TPSA) is 81.1 Å². The number of aromatic nitrogens is 3. The van der Waals surface area contributed by atoms with Crippen LogP contribution in [0.1, 0.15) is 12.8 Å². The predicted octanol–water partition coefficient (Wildman–Crippen LogP) is 2.33. The van der Waals surface area contributed by atoms with Crippen molar-refractivity contribution in [3.8, 4) is 0 Å². The molecule has 0 unspecified atom stereocenters. The molecule has 1 aliphatic heterocycles. The van der Waals surface area contributed by atoms with E-state index in [0.29, 0.717) is 23.6 Å². The largest absolute Gasteiger partial charge is 0.368 e. The molecule has 134 valence electrons. The highest BCUT2D eigenvalue weighted by Crippen LogP contribution is 2.34. The van der Waals surface area contributed by atoms with Gasteiger partial charge in [0.25, 0.3) is 5.91 Å². The third-order valence-electron chi connectivity index (χ3n) is 4.28. The summed E-state index contributed by atoms with van der Waals surface area (Å²) in [7, 11) is 3.45. The Morgan fingerprint density at radius 1 is 1.44 bits per heavy atom. The van der Waals surface area contributed by atoms with Crippen molar-refractivity contribution in [3.05, 3.63) is 29.5 Å². The van der Waals surface area contributed by atoms with Crippen LogP contribution in [0.25, 0.3) is 0 Å². The minimum atomic E-state index is -0.788. The van der Waals surface area contributed by atoms with Gasteiger partial charge in [0, 0.05) is 24.7 Å². The van der Waals surface area contributed by atoms with Crippen molar-refractivity contribution in [1.29, 1.82) is 0 Å². The lowest BCUT2D eigenvalue weighted by atomic mass is 9.91. The summed E-state index contributed by atoms with van der Waals surface area (Å²) in [4.78, 5) is 13.5. The van der Waals surface area contributed by atoms with Gasteiger partial charge in [0.05, 0.1) is 5.02 Å². The standard InChI is InChI=1S/C16H20ClN5O2S/c1-22-10-19-21-15(22)25-13-4-3-11(9-12(13)17)20-14(23)16(24-2)5-7-18-8-6-16/h3-4,9-10,18H,5-8H2,1-2H3,(H,20,23). The molecule has 7 nitrogen and oxygen atoms in total. The van der Waals surface area contributed by atoms with E-state index in [1.54, 1.807) is 19.5 Å². The molecule has 2 aromatic rings. The van der Waals surface area contributed by atoms with Gasteiger partial charge in [-0.1, -0.05) is 11.6 Å². The van der Waals surface area contributed by atoms with E-state index in [0.717, 1.165) is 23.1 Å². The Morgan fingerprint density at radius 3 is 2.80 bits per heavy atom. The Labute approximate surface area is 155 Å². The van der Waals surface area contributed by atoms with E-state index in [1.807, 2.05) is 23.7 Å². The number of methoxy groups -OCH3 is 1. The molecule has 1 aliphatic rings. The Hall–Kier alpha value is -1.61. The number of carbonyl (C=O) groups is 1. The van der Waals surface area contributed by atoms with Crippen LogP contribution in [0, 0.1) is 0 Å². The lowest BCUT2D eigenvalue weighted by Gasteiger charge is -2.34. The first kappa shape index (κ1) is 18.2. The Balaban J connectivity index is 1.72. The van der Waals surface area contributed by atoms with Crippen LogP contribution in [-0.4, -0.2) is 46.5 Å². The molecular formula is C16H20ClN5O2S. The normalized spacial score (nSPS) is 16.6. The van der Waals surface area contributed by atoms with Crippen molar-refractivity contribution >= 4 is 35.0 Å². The monoisotopic (exact) mass is 381 g/mol. The zero-order valence-electron chi connectivity index (χ0n) is 14.1. The van der Waals surface area contributed by atoms with Gasteiger partial charge in [-0.05, 0) is 55.9 Å². The lowest BCUT2D eigenvalue weighted by Crippen LogP contribution is -2.51. The number of piperidine rings is 1. The number of nitrogens with zero attached hydrogens (tertiary/aromatic N) is 3. The van der Waals surface area contributed by atoms with Gasteiger partial charge in [-0.3, -0.25) is 4.79 Å². The van der Waals surface area contributed by atoms with E-state index < -0.39 is 5.60 Å². The highest BCUT2D eigenvalue weighted by atomic mass is 35.5. The van der Waals surface area contributed by atoms with Crippen molar-refractivity contribution < 1.29 is 9.53 Å². The second-order valence-corrected chi connectivity index (χ2v) is 7.29. The number of carbonyl (C=O) groups excluding carboxylic acids is 1. The molecule has 1 aromatic carbocycles. The SMILES string of the molecule is COC1(C(=O)Nc2ccc(Sc3nncn3C)c(Cl)c2)CCNCC1. The summed E-state index contributed by atoms with van der Waals surface area (Å²) >= 11 is 7.78. The number of hydrogen-bond donors (Lipinski definition) is 2. The molecule has 2 heterocycles. The van der Waals surface area contributed by atoms with Gasteiger partial charge in [-0.25, -0.2) is 0 Å². The number of anilines is 1. The number of ether oxygens (including phenoxy) is 1. The van der Waals surface area contributed by atoms with E-state index in [1.165, 1.54) is 11.8 Å². The van der Waals surface area contributed by atoms with Gasteiger partial charge < -0.3 is 19.9 Å². The van der Waals surface area contributed by atoms with Crippen LogP contribution in [0.5, 0.6) is 0 Å². The molecule has 1 amide bonds. The minimum absolute atomic E-state index is 0.138. The number of amides is 1. The number of halogens is 1. The number of rotatable bonds is 5. The van der Waals surface area contributed by atoms with Crippen molar-refractivity contribution in [2.45, 2.75) is 28.5 Å². The fourth-order valence-electron chi connectivity index (χ4n) is 2.72. The number of hydrogen-bond acceptors (Lipinski definition) is 6. The van der Waals surface area contributed by atoms with Gasteiger partial charge >= 0.3 is 0 Å². The number of nitrogens with one attached hydrogen (secondary N) is 2. The van der Waals surface area contributed by atoms with Gasteiger partial charge in [-0.15, -0.1) is 10.2 Å². The molecule has 0 spiro atoms. The van der Waals surface area contributed by atoms with Crippen LogP contribution in [0.4, 0.5) is 5.69 Å². The van der Waals surface area contributed by atoms with E-state index in [-0.39, 0.29) is 5.91 Å². The average Bonchev–Trinajstić information content (AvgIpc) is 3.02. The zero-order valence-corrected chi connectivity index (χ0v) is 15.7. The highest BCUT2D eigenvalue weighted by Gasteiger charge is 2.39. The van der Waals surface area contributed by atoms with Crippen molar-refractivity contribution in [1.82, 2.24) is 20.1 Å². The van der Waals surface area contributed by atoms with E-state index in [4.69, 9.17) is 16.3 Å². The summed E-state index contributed by atoms with van der Waals surface area (Å²) in [5.74, 6) is -0.138. The minimum Gasteiger partial charge on any atom is -0.368 e. The predicted molar refractivity (Wildman–Crippen MR) is 97.1 cm³/mol. The van der Waals surface area contributed by atoms with Crippen molar-refractivity contribution in [3.63, 3.8) is 0 Å². The molecule has 1 fully saturated rings. The summed E-state index contributed by atoms with van der Waals surface area (Å²) < 4.78 is 7.36. The fraction of sp³-hybridized carbons (Fsp3) is 0.438. The van der Waals surface area contributed by atoms with Crippen LogP contribution >= 0.6 is 23.4 Å². The quantitative estimate of drug-likeness (QED) is 0.827. The highest BCUT2D eigenvalue weighted by molar-refractivity contribution is 7.99. The maximum atomic E-state index is 12.7. The molecule has 2 N–H and O–H groups in total. The summed E-state index contributed by atoms with van der Waals surface area (Å²) in [5.41, 5.74) is -0.142. The molecule has 0 radical (unpaired) electrons. The first-order chi connectivity index (χ1) is 12.0. The third kappa shape index (κ3) is 3.98. The molecule has 1 saturated heterocycles. The fourth-order valence-corrected chi connectivity index (χ4v) is 3.79. The third-order valence-corrected chi connectivity index (χ3v) is 5.83.